The second kappa shape index (κ2) is 9.07. The van der Waals surface area contributed by atoms with Crippen LogP contribution >= 0.6 is 0 Å². The zero-order chi connectivity index (χ0) is 20.1. The van der Waals surface area contributed by atoms with Crippen LogP contribution in [-0.2, 0) is 9.84 Å². The van der Waals surface area contributed by atoms with Crippen molar-refractivity contribution in [1.82, 2.24) is 4.90 Å². The Morgan fingerprint density at radius 3 is 2.43 bits per heavy atom. The van der Waals surface area contributed by atoms with Crippen LogP contribution in [0.4, 0.5) is 0 Å². The Morgan fingerprint density at radius 1 is 1.18 bits per heavy atom. The first-order valence-electron chi connectivity index (χ1n) is 10.1. The molecule has 28 heavy (non-hydrogen) atoms. The molecule has 0 N–H and O–H groups in total. The lowest BCUT2D eigenvalue weighted by Crippen LogP contribution is -2.39. The molecule has 0 unspecified atom stereocenters. The van der Waals surface area contributed by atoms with Crippen LogP contribution in [-0.4, -0.2) is 57.5 Å². The number of nitrogens with zero attached hydrogens (tertiary/aromatic N) is 3. The highest BCUT2D eigenvalue weighted by Gasteiger charge is 2.24. The van der Waals surface area contributed by atoms with Crippen molar-refractivity contribution < 1.29 is 13.2 Å². The van der Waals surface area contributed by atoms with Gasteiger partial charge in [0.05, 0.1) is 18.0 Å². The fourth-order valence-electron chi connectivity index (χ4n) is 3.66. The van der Waals surface area contributed by atoms with E-state index in [4.69, 9.17) is 9.73 Å². The van der Waals surface area contributed by atoms with E-state index in [0.717, 1.165) is 55.8 Å². The van der Waals surface area contributed by atoms with Crippen molar-refractivity contribution in [3.8, 4) is 5.75 Å². The largest absolute Gasteiger partial charge is 0.494 e. The lowest BCUT2D eigenvalue weighted by atomic mass is 9.92. The van der Waals surface area contributed by atoms with Gasteiger partial charge in [-0.3, -0.25) is 4.99 Å². The number of rotatable bonds is 7. The summed E-state index contributed by atoms with van der Waals surface area (Å²) in [6.07, 6.45) is 5.78. The number of likely N-dealkylation sites (tertiary alicyclic amines) is 1. The highest BCUT2D eigenvalue weighted by Crippen LogP contribution is 2.24. The third-order valence-corrected chi connectivity index (χ3v) is 6.53. The van der Waals surface area contributed by atoms with Crippen molar-refractivity contribution in [1.29, 1.82) is 0 Å². The van der Waals surface area contributed by atoms with Crippen LogP contribution in [0.2, 0.25) is 0 Å². The highest BCUT2D eigenvalue weighted by atomic mass is 32.2. The number of hydrogen-bond donors (Lipinski definition) is 0. The van der Waals surface area contributed by atoms with Crippen molar-refractivity contribution in [2.24, 2.45) is 21.8 Å². The number of sulfone groups is 1. The summed E-state index contributed by atoms with van der Waals surface area (Å²) in [6, 6.07) is 6.65. The van der Waals surface area contributed by atoms with Crippen LogP contribution in [0.5, 0.6) is 5.75 Å². The number of benzene rings is 1. The van der Waals surface area contributed by atoms with Crippen molar-refractivity contribution >= 4 is 21.5 Å². The molecular formula is C21H31N3O3S. The van der Waals surface area contributed by atoms with Gasteiger partial charge in [0.25, 0.3) is 0 Å². The lowest BCUT2D eigenvalue weighted by Gasteiger charge is -2.33. The predicted molar refractivity (Wildman–Crippen MR) is 113 cm³/mol. The molecule has 1 fully saturated rings. The molecule has 0 aromatic heterocycles. The van der Waals surface area contributed by atoms with Gasteiger partial charge in [0.15, 0.2) is 9.84 Å². The maximum absolute atomic E-state index is 11.5. The van der Waals surface area contributed by atoms with Gasteiger partial charge in [-0.25, -0.2) is 13.4 Å². The molecule has 1 saturated heterocycles. The summed E-state index contributed by atoms with van der Waals surface area (Å²) in [5.74, 6) is 3.99. The van der Waals surface area contributed by atoms with Gasteiger partial charge in [-0.15, -0.1) is 0 Å². The van der Waals surface area contributed by atoms with Gasteiger partial charge in [0.1, 0.15) is 17.4 Å². The molecule has 3 rings (SSSR count). The summed E-state index contributed by atoms with van der Waals surface area (Å²) >= 11 is 0. The van der Waals surface area contributed by atoms with Crippen molar-refractivity contribution in [2.75, 3.05) is 32.5 Å². The molecule has 2 heterocycles. The predicted octanol–water partition coefficient (Wildman–Crippen LogP) is 3.43. The molecule has 0 saturated carbocycles. The van der Waals surface area contributed by atoms with Crippen LogP contribution in [0.15, 0.2) is 39.1 Å². The summed E-state index contributed by atoms with van der Waals surface area (Å²) in [4.78, 5) is 12.0. The Morgan fingerprint density at radius 2 is 1.86 bits per heavy atom. The normalized spacial score (nSPS) is 18.4. The minimum atomic E-state index is -3.15. The third kappa shape index (κ3) is 5.56. The minimum Gasteiger partial charge on any atom is -0.494 e. The number of amidine groups is 2. The molecule has 0 atom stereocenters. The monoisotopic (exact) mass is 405 g/mol. The second-order valence-electron chi connectivity index (χ2n) is 8.02. The summed E-state index contributed by atoms with van der Waals surface area (Å²) in [7, 11) is -3.15. The van der Waals surface area contributed by atoms with Crippen molar-refractivity contribution in [2.45, 2.75) is 44.4 Å². The summed E-state index contributed by atoms with van der Waals surface area (Å²) < 4.78 is 28.7. The van der Waals surface area contributed by atoms with Crippen LogP contribution in [0, 0.1) is 11.8 Å². The fourth-order valence-corrected chi connectivity index (χ4v) is 4.29. The maximum Gasteiger partial charge on any atom is 0.175 e. The average Bonchev–Trinajstić information content (AvgIpc) is 3.16. The molecular weight excluding hydrogens is 374 g/mol. The van der Waals surface area contributed by atoms with E-state index in [9.17, 15) is 8.42 Å². The fraction of sp³-hybridized carbons (Fsp3) is 0.619. The lowest BCUT2D eigenvalue weighted by molar-refractivity contribution is 0.232. The quantitative estimate of drug-likeness (QED) is 0.652. The van der Waals surface area contributed by atoms with Crippen LogP contribution in [0.3, 0.4) is 0 Å². The van der Waals surface area contributed by atoms with Gasteiger partial charge >= 0.3 is 0 Å². The van der Waals surface area contributed by atoms with E-state index < -0.39 is 9.84 Å². The van der Waals surface area contributed by atoms with E-state index in [0.29, 0.717) is 17.4 Å². The van der Waals surface area contributed by atoms with Gasteiger partial charge in [0, 0.05) is 25.3 Å². The van der Waals surface area contributed by atoms with Crippen molar-refractivity contribution in [3.05, 3.63) is 24.3 Å². The van der Waals surface area contributed by atoms with E-state index in [-0.39, 0.29) is 0 Å². The Bertz CT molecular complexity index is 821. The van der Waals surface area contributed by atoms with Gasteiger partial charge in [-0.2, -0.15) is 0 Å². The van der Waals surface area contributed by atoms with Crippen LogP contribution in [0.1, 0.15) is 39.5 Å². The van der Waals surface area contributed by atoms with Gasteiger partial charge < -0.3 is 9.64 Å². The SMILES string of the molecule is CC(C)C1=NCC(N2CCC(CCCOc3ccc(S(C)(=O)=O)cc3)CC2)=N1. The molecule has 0 spiro atoms. The Kier molecular flexibility index (Phi) is 6.75. The molecule has 7 heteroatoms. The molecule has 2 aliphatic rings. The number of aliphatic imine (C=N–C) groups is 2. The molecule has 154 valence electrons. The highest BCUT2D eigenvalue weighted by molar-refractivity contribution is 7.90. The number of piperidine rings is 1. The van der Waals surface area contributed by atoms with E-state index in [2.05, 4.69) is 23.7 Å². The zero-order valence-electron chi connectivity index (χ0n) is 17.1. The molecule has 2 aliphatic heterocycles. The van der Waals surface area contributed by atoms with Crippen LogP contribution in [0.25, 0.3) is 0 Å². The van der Waals surface area contributed by atoms with E-state index in [1.807, 2.05) is 0 Å². The third-order valence-electron chi connectivity index (χ3n) is 5.40. The first kappa shape index (κ1) is 20.8. The molecule has 0 amide bonds. The summed E-state index contributed by atoms with van der Waals surface area (Å²) in [5, 5.41) is 0. The molecule has 1 aromatic rings. The number of ether oxygens (including phenoxy) is 1. The topological polar surface area (TPSA) is 71.3 Å². The summed E-state index contributed by atoms with van der Waals surface area (Å²) in [5.41, 5.74) is 0. The van der Waals surface area contributed by atoms with Crippen molar-refractivity contribution in [3.63, 3.8) is 0 Å². The molecule has 1 aromatic carbocycles. The molecule has 0 aliphatic carbocycles. The summed E-state index contributed by atoms with van der Waals surface area (Å²) in [6.45, 7) is 7.82. The van der Waals surface area contributed by atoms with Crippen LogP contribution < -0.4 is 4.74 Å². The van der Waals surface area contributed by atoms with E-state index >= 15 is 0 Å². The first-order chi connectivity index (χ1) is 13.3. The van der Waals surface area contributed by atoms with E-state index in [1.54, 1.807) is 24.3 Å². The molecule has 0 radical (unpaired) electrons. The second-order valence-corrected chi connectivity index (χ2v) is 10.0. The Balaban J connectivity index is 1.34. The Labute approximate surface area is 168 Å². The standard InChI is InChI=1S/C21H31N3O3S/c1-16(2)21-22-15-20(23-21)24-12-10-17(11-13-24)5-4-14-27-18-6-8-19(9-7-18)28(3,25)26/h6-9,16-17H,4-5,10-15H2,1-3H3. The maximum atomic E-state index is 11.5. The average molecular weight is 406 g/mol. The molecule has 6 nitrogen and oxygen atoms in total. The number of hydrogen-bond acceptors (Lipinski definition) is 6. The van der Waals surface area contributed by atoms with Gasteiger partial charge in [-0.05, 0) is 55.9 Å². The molecule has 0 bridgehead atoms. The van der Waals surface area contributed by atoms with E-state index in [1.165, 1.54) is 19.1 Å². The van der Waals surface area contributed by atoms with Gasteiger partial charge in [-0.1, -0.05) is 13.8 Å². The first-order valence-corrected chi connectivity index (χ1v) is 12.0. The van der Waals surface area contributed by atoms with Gasteiger partial charge in [0.2, 0.25) is 0 Å². The smallest absolute Gasteiger partial charge is 0.175 e. The Hall–Kier alpha value is -1.89. The minimum absolute atomic E-state index is 0.324. The zero-order valence-corrected chi connectivity index (χ0v) is 17.9.